The smallest absolute Gasteiger partial charge is 0.220 e. The predicted molar refractivity (Wildman–Crippen MR) is 175 cm³/mol. The average Bonchev–Trinajstić information content (AvgIpc) is 2.94. The summed E-state index contributed by atoms with van der Waals surface area (Å²) < 4.78 is 0. The zero-order valence-corrected chi connectivity index (χ0v) is 27.0. The molecule has 40 heavy (non-hydrogen) atoms. The minimum Gasteiger partial charge on any atom is -0.394 e. The van der Waals surface area contributed by atoms with Crippen LogP contribution in [0.5, 0.6) is 0 Å². The van der Waals surface area contributed by atoms with E-state index in [1.165, 1.54) is 116 Å². The zero-order valence-electron chi connectivity index (χ0n) is 27.0. The van der Waals surface area contributed by atoms with Crippen molar-refractivity contribution < 1.29 is 15.0 Å². The maximum absolute atomic E-state index is 12.3. The molecule has 3 N–H and O–H groups in total. The van der Waals surface area contributed by atoms with Gasteiger partial charge in [0.25, 0.3) is 0 Å². The maximum Gasteiger partial charge on any atom is 0.220 e. The minimum absolute atomic E-state index is 0.0759. The Morgan fingerprint density at radius 2 is 1.18 bits per heavy atom. The normalized spacial score (nSPS) is 14.2. The van der Waals surface area contributed by atoms with Crippen molar-refractivity contribution in [2.45, 2.75) is 187 Å². The van der Waals surface area contributed by atoms with Crippen LogP contribution in [0, 0.1) is 5.92 Å². The van der Waals surface area contributed by atoms with E-state index in [-0.39, 0.29) is 12.5 Å². The van der Waals surface area contributed by atoms with Gasteiger partial charge in [-0.1, -0.05) is 161 Å². The van der Waals surface area contributed by atoms with E-state index >= 15 is 0 Å². The quantitative estimate of drug-likeness (QED) is 0.0601. The summed E-state index contributed by atoms with van der Waals surface area (Å²) in [5.74, 6) is 0.823. The van der Waals surface area contributed by atoms with Crippen LogP contribution in [-0.2, 0) is 4.79 Å². The number of hydrogen-bond donors (Lipinski definition) is 3. The van der Waals surface area contributed by atoms with Crippen molar-refractivity contribution >= 4 is 5.91 Å². The van der Waals surface area contributed by atoms with Crippen LogP contribution < -0.4 is 5.32 Å². The Morgan fingerprint density at radius 1 is 0.650 bits per heavy atom. The molecule has 0 aromatic rings. The Bertz CT molecular complexity index is 589. The number of allylic oxidation sites excluding steroid dienone is 3. The van der Waals surface area contributed by atoms with Gasteiger partial charge in [0.05, 0.1) is 18.8 Å². The molecule has 0 fully saturated rings. The lowest BCUT2D eigenvalue weighted by Gasteiger charge is -2.19. The van der Waals surface area contributed by atoms with Crippen LogP contribution in [0.1, 0.15) is 175 Å². The summed E-state index contributed by atoms with van der Waals surface area (Å²) in [4.78, 5) is 12.3. The lowest BCUT2D eigenvalue weighted by molar-refractivity contribution is -0.123. The van der Waals surface area contributed by atoms with Gasteiger partial charge in [-0.2, -0.15) is 0 Å². The van der Waals surface area contributed by atoms with E-state index in [1.54, 1.807) is 6.08 Å². The van der Waals surface area contributed by atoms with Crippen LogP contribution in [0.25, 0.3) is 0 Å². The van der Waals surface area contributed by atoms with E-state index < -0.39 is 12.1 Å². The molecular formula is C36H69NO3. The second-order valence-electron chi connectivity index (χ2n) is 12.2. The summed E-state index contributed by atoms with van der Waals surface area (Å²) in [6, 6.07) is -0.633. The lowest BCUT2D eigenvalue weighted by atomic mass is 9.98. The number of nitrogens with one attached hydrogen (secondary N) is 1. The van der Waals surface area contributed by atoms with Crippen LogP contribution in [-0.4, -0.2) is 34.9 Å². The van der Waals surface area contributed by atoms with Crippen LogP contribution in [0.4, 0.5) is 0 Å². The van der Waals surface area contributed by atoms with Gasteiger partial charge in [0, 0.05) is 6.42 Å². The number of carbonyl (C=O) groups excluding carboxylic acids is 1. The second kappa shape index (κ2) is 30.8. The summed E-state index contributed by atoms with van der Waals surface area (Å²) in [6.45, 7) is 6.67. The minimum atomic E-state index is -0.856. The summed E-state index contributed by atoms with van der Waals surface area (Å²) in [5.41, 5.74) is 0. The molecule has 0 aliphatic rings. The number of aliphatic hydroxyl groups is 2. The number of rotatable bonds is 30. The molecule has 236 valence electrons. The third-order valence-electron chi connectivity index (χ3n) is 8.06. The van der Waals surface area contributed by atoms with Gasteiger partial charge in [0.2, 0.25) is 5.91 Å². The maximum atomic E-state index is 12.3. The topological polar surface area (TPSA) is 69.6 Å². The Morgan fingerprint density at radius 3 is 1.77 bits per heavy atom. The van der Waals surface area contributed by atoms with Crippen molar-refractivity contribution in [2.75, 3.05) is 6.61 Å². The molecular weight excluding hydrogens is 494 g/mol. The molecule has 0 heterocycles. The number of hydrogen-bond acceptors (Lipinski definition) is 3. The van der Waals surface area contributed by atoms with Crippen molar-refractivity contribution in [3.05, 3.63) is 24.3 Å². The fourth-order valence-electron chi connectivity index (χ4n) is 5.36. The highest BCUT2D eigenvalue weighted by Crippen LogP contribution is 2.17. The molecule has 0 rings (SSSR count). The monoisotopic (exact) mass is 564 g/mol. The highest BCUT2D eigenvalue weighted by atomic mass is 16.3. The Labute approximate surface area is 249 Å². The van der Waals surface area contributed by atoms with Crippen LogP contribution in [0.3, 0.4) is 0 Å². The second-order valence-corrected chi connectivity index (χ2v) is 12.2. The van der Waals surface area contributed by atoms with Crippen molar-refractivity contribution in [1.82, 2.24) is 5.32 Å². The molecule has 0 aliphatic heterocycles. The molecule has 0 aromatic heterocycles. The van der Waals surface area contributed by atoms with Crippen molar-refractivity contribution in [2.24, 2.45) is 5.92 Å². The van der Waals surface area contributed by atoms with E-state index in [1.807, 2.05) is 6.08 Å². The molecule has 0 bridgehead atoms. The van der Waals surface area contributed by atoms with E-state index in [2.05, 4.69) is 38.2 Å². The number of carbonyl (C=O) groups is 1. The van der Waals surface area contributed by atoms with Gasteiger partial charge in [0.1, 0.15) is 0 Å². The Kier molecular flexibility index (Phi) is 29.9. The molecule has 4 heteroatoms. The molecule has 1 amide bonds. The van der Waals surface area contributed by atoms with Crippen molar-refractivity contribution in [1.29, 1.82) is 0 Å². The van der Waals surface area contributed by atoms with E-state index in [0.29, 0.717) is 6.42 Å². The van der Waals surface area contributed by atoms with Crippen LogP contribution >= 0.6 is 0 Å². The molecule has 3 atom stereocenters. The number of unbranched alkanes of at least 4 members (excludes halogenated alkanes) is 17. The van der Waals surface area contributed by atoms with Gasteiger partial charge in [-0.05, 0) is 38.0 Å². The van der Waals surface area contributed by atoms with Gasteiger partial charge in [0.15, 0.2) is 0 Å². The summed E-state index contributed by atoms with van der Waals surface area (Å²) in [6.07, 6.45) is 36.7. The van der Waals surface area contributed by atoms with Crippen LogP contribution in [0.15, 0.2) is 24.3 Å². The molecule has 0 saturated carbocycles. The van der Waals surface area contributed by atoms with Gasteiger partial charge >= 0.3 is 0 Å². The molecule has 0 spiro atoms. The zero-order chi connectivity index (χ0) is 29.5. The SMILES string of the molecule is CCCCCCCCC/C=C/CC/C=C/[C@@H](O)[C@H](CO)NC(=O)CCCCCCCCCCCC[C@H](C)CCC. The van der Waals surface area contributed by atoms with Crippen molar-refractivity contribution in [3.8, 4) is 0 Å². The average molecular weight is 564 g/mol. The van der Waals surface area contributed by atoms with Gasteiger partial charge in [-0.3, -0.25) is 4.79 Å². The summed E-state index contributed by atoms with van der Waals surface area (Å²) in [5, 5.41) is 22.8. The molecule has 4 nitrogen and oxygen atoms in total. The first-order chi connectivity index (χ1) is 19.5. The molecule has 0 saturated heterocycles. The van der Waals surface area contributed by atoms with E-state index in [4.69, 9.17) is 0 Å². The van der Waals surface area contributed by atoms with Crippen molar-refractivity contribution in [3.63, 3.8) is 0 Å². The first-order valence-corrected chi connectivity index (χ1v) is 17.4. The first-order valence-electron chi connectivity index (χ1n) is 17.4. The first kappa shape index (κ1) is 38.9. The van der Waals surface area contributed by atoms with Gasteiger partial charge in [-0.25, -0.2) is 0 Å². The Balaban J connectivity index is 3.70. The van der Waals surface area contributed by atoms with Gasteiger partial charge in [-0.15, -0.1) is 0 Å². The van der Waals surface area contributed by atoms with E-state index in [9.17, 15) is 15.0 Å². The summed E-state index contributed by atoms with van der Waals surface area (Å²) >= 11 is 0. The third-order valence-corrected chi connectivity index (χ3v) is 8.06. The van der Waals surface area contributed by atoms with E-state index in [0.717, 1.165) is 38.0 Å². The highest BCUT2D eigenvalue weighted by Gasteiger charge is 2.17. The standard InChI is InChI=1S/C36H69NO3/c1-4-6-7-8-9-10-11-12-13-17-20-23-26-30-35(39)34(32-38)37-36(40)31-27-24-21-18-15-14-16-19-22-25-29-33(3)28-5-2/h13,17,26,30,33-35,38-39H,4-12,14-16,18-25,27-29,31-32H2,1-3H3,(H,37,40)/b17-13+,30-26+/t33-,34+,35-/m1/s1. The number of amides is 1. The predicted octanol–water partition coefficient (Wildman–Crippen LogP) is 9.98. The molecule has 0 aliphatic carbocycles. The lowest BCUT2D eigenvalue weighted by Crippen LogP contribution is -2.45. The highest BCUT2D eigenvalue weighted by molar-refractivity contribution is 5.76. The number of aliphatic hydroxyl groups excluding tert-OH is 2. The molecule has 0 aromatic carbocycles. The third kappa shape index (κ3) is 27.1. The largest absolute Gasteiger partial charge is 0.394 e. The Hall–Kier alpha value is -1.13. The summed E-state index contributed by atoms with van der Waals surface area (Å²) in [7, 11) is 0. The molecule has 0 unspecified atom stereocenters. The van der Waals surface area contributed by atoms with Gasteiger partial charge < -0.3 is 15.5 Å². The van der Waals surface area contributed by atoms with Crippen LogP contribution in [0.2, 0.25) is 0 Å². The fourth-order valence-corrected chi connectivity index (χ4v) is 5.36. The molecule has 0 radical (unpaired) electrons. The fraction of sp³-hybridized carbons (Fsp3) is 0.861.